The lowest BCUT2D eigenvalue weighted by molar-refractivity contribution is 0.316. The van der Waals surface area contributed by atoms with E-state index in [4.69, 9.17) is 0 Å². The quantitative estimate of drug-likeness (QED) is 0.503. The van der Waals surface area contributed by atoms with Gasteiger partial charge in [0.15, 0.2) is 5.43 Å². The number of nitrogens with one attached hydrogen (secondary N) is 2. The van der Waals surface area contributed by atoms with E-state index in [1.165, 1.54) is 11.3 Å². The van der Waals surface area contributed by atoms with E-state index >= 15 is 0 Å². The molecular weight excluding hydrogens is 408 g/mol. The van der Waals surface area contributed by atoms with Crippen LogP contribution in [-0.2, 0) is 16.6 Å². The molecule has 0 aliphatic heterocycles. The van der Waals surface area contributed by atoms with Crippen molar-refractivity contribution in [1.29, 1.82) is 0 Å². The molecule has 0 amide bonds. The second-order valence-corrected chi connectivity index (χ2v) is 9.71. The molecular formula is C20H26N4O3S2. The number of anilines is 1. The Balaban J connectivity index is 2.07. The van der Waals surface area contributed by atoms with Crippen molar-refractivity contribution >= 4 is 47.2 Å². The summed E-state index contributed by atoms with van der Waals surface area (Å²) in [6.07, 6.45) is 4.38. The van der Waals surface area contributed by atoms with Gasteiger partial charge in [-0.1, -0.05) is 19.9 Å². The van der Waals surface area contributed by atoms with Crippen LogP contribution >= 0.6 is 11.3 Å². The first-order valence-corrected chi connectivity index (χ1v) is 12.3. The van der Waals surface area contributed by atoms with Crippen LogP contribution in [0.4, 0.5) is 5.69 Å². The number of nitrogens with zero attached hydrogens (tertiary/aromatic N) is 2. The Kier molecular flexibility index (Phi) is 6.84. The zero-order valence-electron chi connectivity index (χ0n) is 16.9. The van der Waals surface area contributed by atoms with E-state index in [-0.39, 0.29) is 12.0 Å². The van der Waals surface area contributed by atoms with Crippen molar-refractivity contribution in [1.82, 2.24) is 14.6 Å². The third-order valence-corrected chi connectivity index (χ3v) is 6.78. The fraction of sp³-hybridized carbons (Fsp3) is 0.400. The predicted molar refractivity (Wildman–Crippen MR) is 121 cm³/mol. The van der Waals surface area contributed by atoms with Gasteiger partial charge in [-0.3, -0.25) is 9.78 Å². The fourth-order valence-electron chi connectivity index (χ4n) is 3.24. The topological polar surface area (TPSA) is 91.4 Å². The Morgan fingerprint density at radius 3 is 2.62 bits per heavy atom. The van der Waals surface area contributed by atoms with Crippen LogP contribution in [0.15, 0.2) is 35.4 Å². The summed E-state index contributed by atoms with van der Waals surface area (Å²) in [7, 11) is -3.34. The number of fused-ring (bicyclic) bond motifs is 2. The molecule has 3 aromatic rings. The lowest BCUT2D eigenvalue weighted by Crippen LogP contribution is -2.28. The lowest BCUT2D eigenvalue weighted by atomic mass is 10.1. The van der Waals surface area contributed by atoms with Crippen molar-refractivity contribution in [2.75, 3.05) is 37.8 Å². The maximum Gasteiger partial charge on any atom is 0.209 e. The molecule has 0 radical (unpaired) electrons. The molecule has 1 aromatic carbocycles. The van der Waals surface area contributed by atoms with Crippen molar-refractivity contribution in [3.63, 3.8) is 0 Å². The summed E-state index contributed by atoms with van der Waals surface area (Å²) in [6.45, 7) is 7.92. The van der Waals surface area contributed by atoms with Gasteiger partial charge in [0, 0.05) is 47.1 Å². The molecule has 0 aliphatic carbocycles. The molecule has 0 atom stereocenters. The molecule has 0 unspecified atom stereocenters. The Hall–Kier alpha value is -2.07. The normalized spacial score (nSPS) is 12.1. The second kappa shape index (κ2) is 9.17. The van der Waals surface area contributed by atoms with E-state index in [1.807, 2.05) is 18.2 Å². The first-order valence-electron chi connectivity index (χ1n) is 9.57. The molecule has 0 spiro atoms. The first-order chi connectivity index (χ1) is 13.8. The molecule has 156 valence electrons. The molecule has 0 saturated carbocycles. The number of aromatic nitrogens is 1. The number of hydrogen-bond donors (Lipinski definition) is 2. The van der Waals surface area contributed by atoms with E-state index in [1.54, 1.807) is 12.4 Å². The standard InChI is InChI=1S/C20H26N4O3S2/c1-4-24(5-2)11-10-22-16-7-6-14(12-23-29(3,26)27)20-18(16)19(25)15-13-21-9-8-17(15)28-20/h6-9,13,22-23H,4-5,10-12H2,1-3H3. The minimum Gasteiger partial charge on any atom is -0.383 e. The summed E-state index contributed by atoms with van der Waals surface area (Å²) in [5.74, 6) is 0. The molecule has 0 bridgehead atoms. The Bertz CT molecular complexity index is 1170. The molecule has 2 N–H and O–H groups in total. The van der Waals surface area contributed by atoms with Crippen molar-refractivity contribution in [3.8, 4) is 0 Å². The third-order valence-electron chi connectivity index (χ3n) is 4.87. The van der Waals surface area contributed by atoms with E-state index < -0.39 is 10.0 Å². The molecule has 2 aromatic heterocycles. The molecule has 0 fully saturated rings. The average Bonchev–Trinajstić information content (AvgIpc) is 2.69. The number of hydrogen-bond acceptors (Lipinski definition) is 7. The summed E-state index contributed by atoms with van der Waals surface area (Å²) in [5, 5.41) is 4.56. The van der Waals surface area contributed by atoms with Crippen LogP contribution < -0.4 is 15.5 Å². The van der Waals surface area contributed by atoms with Crippen molar-refractivity contribution in [2.45, 2.75) is 20.4 Å². The molecule has 7 nitrogen and oxygen atoms in total. The van der Waals surface area contributed by atoms with E-state index in [0.717, 1.165) is 46.5 Å². The van der Waals surface area contributed by atoms with Crippen molar-refractivity contribution in [3.05, 3.63) is 46.4 Å². The second-order valence-electron chi connectivity index (χ2n) is 6.83. The zero-order valence-corrected chi connectivity index (χ0v) is 18.5. The first kappa shape index (κ1) is 21.6. The summed E-state index contributed by atoms with van der Waals surface area (Å²) >= 11 is 1.48. The fourth-order valence-corrected chi connectivity index (χ4v) is 4.84. The maximum atomic E-state index is 13.2. The lowest BCUT2D eigenvalue weighted by Gasteiger charge is -2.19. The number of benzene rings is 1. The van der Waals surface area contributed by atoms with Crippen LogP contribution in [0.3, 0.4) is 0 Å². The highest BCUT2D eigenvalue weighted by molar-refractivity contribution is 7.88. The van der Waals surface area contributed by atoms with Gasteiger partial charge in [0.2, 0.25) is 10.0 Å². The Morgan fingerprint density at radius 1 is 1.17 bits per heavy atom. The number of likely N-dealkylation sites (N-methyl/N-ethyl adjacent to an activating group) is 1. The zero-order chi connectivity index (χ0) is 21.0. The summed E-state index contributed by atoms with van der Waals surface area (Å²) in [6, 6.07) is 5.55. The highest BCUT2D eigenvalue weighted by atomic mass is 32.2. The Labute approximate surface area is 174 Å². The predicted octanol–water partition coefficient (Wildman–Crippen LogP) is 2.61. The van der Waals surface area contributed by atoms with Gasteiger partial charge >= 0.3 is 0 Å². The van der Waals surface area contributed by atoms with Gasteiger partial charge in [0.25, 0.3) is 0 Å². The van der Waals surface area contributed by atoms with Crippen LogP contribution in [0, 0.1) is 0 Å². The van der Waals surface area contributed by atoms with E-state index in [9.17, 15) is 13.2 Å². The summed E-state index contributed by atoms with van der Waals surface area (Å²) < 4.78 is 27.3. The van der Waals surface area contributed by atoms with E-state index in [0.29, 0.717) is 17.3 Å². The van der Waals surface area contributed by atoms with Crippen LogP contribution in [0.5, 0.6) is 0 Å². The third kappa shape index (κ3) is 5.11. The van der Waals surface area contributed by atoms with E-state index in [2.05, 4.69) is 33.8 Å². The maximum absolute atomic E-state index is 13.2. The molecule has 0 aliphatic rings. The van der Waals surface area contributed by atoms with Gasteiger partial charge in [0.05, 0.1) is 17.0 Å². The SMILES string of the molecule is CCN(CC)CCNc1ccc(CNS(C)(=O)=O)c2sc3ccncc3c(=O)c12. The number of sulfonamides is 1. The smallest absolute Gasteiger partial charge is 0.209 e. The van der Waals surface area contributed by atoms with Crippen molar-refractivity contribution < 1.29 is 8.42 Å². The summed E-state index contributed by atoms with van der Waals surface area (Å²) in [4.78, 5) is 19.7. The van der Waals surface area contributed by atoms with Gasteiger partial charge in [0.1, 0.15) is 0 Å². The summed E-state index contributed by atoms with van der Waals surface area (Å²) in [5.41, 5.74) is 1.45. The van der Waals surface area contributed by atoms with Gasteiger partial charge < -0.3 is 10.2 Å². The van der Waals surface area contributed by atoms with Crippen LogP contribution in [-0.4, -0.2) is 50.7 Å². The average molecular weight is 435 g/mol. The monoisotopic (exact) mass is 434 g/mol. The van der Waals surface area contributed by atoms with Crippen molar-refractivity contribution in [2.24, 2.45) is 0 Å². The molecule has 9 heteroatoms. The molecule has 0 saturated heterocycles. The van der Waals surface area contributed by atoms with Crippen LogP contribution in [0.1, 0.15) is 19.4 Å². The molecule has 2 heterocycles. The highest BCUT2D eigenvalue weighted by Crippen LogP contribution is 2.31. The minimum atomic E-state index is -3.34. The van der Waals surface area contributed by atoms with Gasteiger partial charge in [-0.05, 0) is 30.8 Å². The molecule has 29 heavy (non-hydrogen) atoms. The number of rotatable bonds is 9. The Morgan fingerprint density at radius 2 is 1.93 bits per heavy atom. The van der Waals surface area contributed by atoms with Crippen LogP contribution in [0.25, 0.3) is 20.2 Å². The van der Waals surface area contributed by atoms with Gasteiger partial charge in [-0.25, -0.2) is 13.1 Å². The number of pyridine rings is 1. The largest absolute Gasteiger partial charge is 0.383 e. The highest BCUT2D eigenvalue weighted by Gasteiger charge is 2.15. The van der Waals surface area contributed by atoms with Gasteiger partial charge in [-0.2, -0.15) is 0 Å². The van der Waals surface area contributed by atoms with Gasteiger partial charge in [-0.15, -0.1) is 11.3 Å². The minimum absolute atomic E-state index is 0.0894. The molecule has 3 rings (SSSR count). The van der Waals surface area contributed by atoms with Crippen LogP contribution in [0.2, 0.25) is 0 Å².